The van der Waals surface area contributed by atoms with Crippen molar-refractivity contribution in [1.29, 1.82) is 0 Å². The Balaban J connectivity index is 0.947. The van der Waals surface area contributed by atoms with Gasteiger partial charge in [0.1, 0.15) is 0 Å². The summed E-state index contributed by atoms with van der Waals surface area (Å²) in [7, 11) is 0. The van der Waals surface area contributed by atoms with E-state index in [-0.39, 0.29) is 0 Å². The van der Waals surface area contributed by atoms with Crippen molar-refractivity contribution in [3.8, 4) is 0 Å². The van der Waals surface area contributed by atoms with Gasteiger partial charge in [-0.25, -0.2) is 0 Å². The van der Waals surface area contributed by atoms with E-state index in [2.05, 4.69) is 28.2 Å². The van der Waals surface area contributed by atoms with E-state index in [1.807, 2.05) is 0 Å². The summed E-state index contributed by atoms with van der Waals surface area (Å²) in [5.74, 6) is 5.07. The summed E-state index contributed by atoms with van der Waals surface area (Å²) in [6.07, 6.45) is 15.9. The molecule has 2 atom stereocenters. The van der Waals surface area contributed by atoms with E-state index in [0.29, 0.717) is 5.54 Å². The molecule has 5 rings (SSSR count). The molecule has 0 saturated heterocycles. The van der Waals surface area contributed by atoms with Crippen LogP contribution in [0.15, 0.2) is 0 Å². The van der Waals surface area contributed by atoms with Gasteiger partial charge in [0.05, 0.1) is 0 Å². The highest BCUT2D eigenvalue weighted by molar-refractivity contribution is 5.06. The highest BCUT2D eigenvalue weighted by atomic mass is 15.0. The van der Waals surface area contributed by atoms with E-state index in [0.717, 1.165) is 36.1 Å². The Morgan fingerprint density at radius 2 is 1.10 bits per heavy atom. The molecule has 0 heterocycles. The van der Waals surface area contributed by atoms with Crippen LogP contribution in [0.1, 0.15) is 77.6 Å². The summed E-state index contributed by atoms with van der Waals surface area (Å²) >= 11 is 0. The van der Waals surface area contributed by atoms with Crippen LogP contribution >= 0.6 is 0 Å². The van der Waals surface area contributed by atoms with Gasteiger partial charge in [-0.2, -0.15) is 0 Å². The zero-order chi connectivity index (χ0) is 19.9. The molecule has 4 heteroatoms. The maximum Gasteiger partial charge on any atom is 0.0189 e. The fraction of sp³-hybridized carbons (Fsp3) is 1.00. The molecular weight excluding hydrogens is 356 g/mol. The van der Waals surface area contributed by atoms with E-state index in [9.17, 15) is 0 Å². The van der Waals surface area contributed by atoms with Crippen LogP contribution in [0.25, 0.3) is 0 Å². The molecule has 0 aliphatic heterocycles. The Kier molecular flexibility index (Phi) is 8.31. The zero-order valence-corrected chi connectivity index (χ0v) is 19.1. The monoisotopic (exact) mass is 404 g/mol. The van der Waals surface area contributed by atoms with E-state index < -0.39 is 0 Å². The number of nitrogens with one attached hydrogen (secondary N) is 4. The lowest BCUT2D eigenvalue weighted by Crippen LogP contribution is -2.58. The average Bonchev–Trinajstić information content (AvgIpc) is 3.43. The van der Waals surface area contributed by atoms with Gasteiger partial charge in [0.25, 0.3) is 0 Å². The largest absolute Gasteiger partial charge is 0.317 e. The molecule has 4 nitrogen and oxygen atoms in total. The predicted octanol–water partition coefficient (Wildman–Crippen LogP) is 3.53. The van der Waals surface area contributed by atoms with Crippen LogP contribution in [0.2, 0.25) is 0 Å². The number of hydrogen-bond acceptors (Lipinski definition) is 4. The van der Waals surface area contributed by atoms with Crippen molar-refractivity contribution in [1.82, 2.24) is 21.3 Å². The molecular formula is C25H48N4. The fourth-order valence-corrected chi connectivity index (χ4v) is 7.12. The molecule has 4 bridgehead atoms. The zero-order valence-electron chi connectivity index (χ0n) is 19.1. The van der Waals surface area contributed by atoms with Crippen LogP contribution in [-0.2, 0) is 0 Å². The van der Waals surface area contributed by atoms with Gasteiger partial charge in [-0.15, -0.1) is 0 Å². The lowest BCUT2D eigenvalue weighted by Gasteiger charge is -2.57. The van der Waals surface area contributed by atoms with Crippen LogP contribution in [0.5, 0.6) is 0 Å². The molecule has 0 aromatic carbocycles. The molecule has 5 aliphatic rings. The number of hydrogen-bond donors (Lipinski definition) is 4. The van der Waals surface area contributed by atoms with Crippen LogP contribution in [0, 0.1) is 29.6 Å². The normalized spacial score (nSPS) is 37.3. The Morgan fingerprint density at radius 3 is 1.62 bits per heavy atom. The van der Waals surface area contributed by atoms with Gasteiger partial charge in [0, 0.05) is 5.54 Å². The van der Waals surface area contributed by atoms with E-state index in [1.54, 1.807) is 19.3 Å². The maximum atomic E-state index is 4.05. The molecule has 5 fully saturated rings. The SMILES string of the molecule is CCNCCCCNC[C@@H]1C[C@@H]1CNCCCCNC12CC3CC(CC(C3)C1)C2. The molecule has 168 valence electrons. The highest BCUT2D eigenvalue weighted by Crippen LogP contribution is 2.55. The van der Waals surface area contributed by atoms with Crippen molar-refractivity contribution in [2.24, 2.45) is 29.6 Å². The molecule has 29 heavy (non-hydrogen) atoms. The molecule has 4 N–H and O–H groups in total. The van der Waals surface area contributed by atoms with Crippen molar-refractivity contribution in [3.05, 3.63) is 0 Å². The first-order valence-corrected chi connectivity index (χ1v) is 13.1. The lowest BCUT2D eigenvalue weighted by atomic mass is 9.53. The van der Waals surface area contributed by atoms with E-state index in [4.69, 9.17) is 0 Å². The molecule has 0 spiro atoms. The second-order valence-electron chi connectivity index (χ2n) is 11.1. The van der Waals surface area contributed by atoms with Crippen molar-refractivity contribution < 1.29 is 0 Å². The Hall–Kier alpha value is -0.160. The Labute approximate surface area is 180 Å². The fourth-order valence-electron chi connectivity index (χ4n) is 7.12. The lowest BCUT2D eigenvalue weighted by molar-refractivity contribution is -0.0195. The van der Waals surface area contributed by atoms with Crippen LogP contribution in [-0.4, -0.2) is 51.4 Å². The van der Waals surface area contributed by atoms with Crippen LogP contribution in [0.3, 0.4) is 0 Å². The van der Waals surface area contributed by atoms with Gasteiger partial charge in [-0.05, 0) is 146 Å². The summed E-state index contributed by atoms with van der Waals surface area (Å²) < 4.78 is 0. The smallest absolute Gasteiger partial charge is 0.0189 e. The topological polar surface area (TPSA) is 48.1 Å². The minimum atomic E-state index is 0.558. The van der Waals surface area contributed by atoms with Gasteiger partial charge in [0.15, 0.2) is 0 Å². The van der Waals surface area contributed by atoms with Crippen LogP contribution < -0.4 is 21.3 Å². The first-order valence-electron chi connectivity index (χ1n) is 13.1. The van der Waals surface area contributed by atoms with Gasteiger partial charge in [-0.3, -0.25) is 0 Å². The summed E-state index contributed by atoms with van der Waals surface area (Å²) in [5.41, 5.74) is 0.558. The van der Waals surface area contributed by atoms with Crippen molar-refractivity contribution in [2.75, 3.05) is 45.8 Å². The summed E-state index contributed by atoms with van der Waals surface area (Å²) in [5, 5.41) is 14.8. The maximum absolute atomic E-state index is 4.05. The number of unbranched alkanes of at least 4 members (excludes halogenated alkanes) is 2. The molecule has 0 unspecified atom stereocenters. The number of rotatable bonds is 16. The molecule has 0 radical (unpaired) electrons. The van der Waals surface area contributed by atoms with Gasteiger partial charge in [0.2, 0.25) is 0 Å². The van der Waals surface area contributed by atoms with Gasteiger partial charge < -0.3 is 21.3 Å². The summed E-state index contributed by atoms with van der Waals surface area (Å²) in [6, 6.07) is 0. The molecule has 5 saturated carbocycles. The predicted molar refractivity (Wildman–Crippen MR) is 123 cm³/mol. The van der Waals surface area contributed by atoms with Crippen LogP contribution in [0.4, 0.5) is 0 Å². The average molecular weight is 405 g/mol. The minimum absolute atomic E-state index is 0.558. The molecule has 0 aromatic heterocycles. The quantitative estimate of drug-likeness (QED) is 0.297. The third-order valence-electron chi connectivity index (χ3n) is 8.41. The second-order valence-corrected chi connectivity index (χ2v) is 11.1. The third-order valence-corrected chi connectivity index (χ3v) is 8.41. The summed E-state index contributed by atoms with van der Waals surface area (Å²) in [4.78, 5) is 0. The summed E-state index contributed by atoms with van der Waals surface area (Å²) in [6.45, 7) is 10.6. The first kappa shape index (κ1) is 22.0. The minimum Gasteiger partial charge on any atom is -0.317 e. The van der Waals surface area contributed by atoms with Gasteiger partial charge in [-0.1, -0.05) is 6.92 Å². The highest BCUT2D eigenvalue weighted by Gasteiger charge is 2.50. The Morgan fingerprint density at radius 1 is 0.621 bits per heavy atom. The first-order chi connectivity index (χ1) is 14.3. The standard InChI is InChI=1S/C25H48N4/c1-2-26-7-3-4-8-27-18-23-14-24(23)19-28-9-5-6-10-29-25-15-20-11-21(16-25)13-22(12-20)17-25/h20-24,26-29H,2-19H2,1H3/t20?,21?,22?,23-,24+,25?/m0/s1. The molecule has 5 aliphatic carbocycles. The van der Waals surface area contributed by atoms with E-state index in [1.165, 1.54) is 90.6 Å². The molecule has 0 amide bonds. The van der Waals surface area contributed by atoms with Crippen molar-refractivity contribution >= 4 is 0 Å². The van der Waals surface area contributed by atoms with Gasteiger partial charge >= 0.3 is 0 Å². The van der Waals surface area contributed by atoms with Crippen molar-refractivity contribution in [3.63, 3.8) is 0 Å². The Bertz CT molecular complexity index is 444. The molecule has 0 aromatic rings. The van der Waals surface area contributed by atoms with E-state index >= 15 is 0 Å². The van der Waals surface area contributed by atoms with Crippen molar-refractivity contribution in [2.45, 2.75) is 83.1 Å². The second kappa shape index (κ2) is 10.9. The third kappa shape index (κ3) is 6.66.